The molecule has 4 heteroatoms. The summed E-state index contributed by atoms with van der Waals surface area (Å²) in [6.45, 7) is 4.00. The van der Waals surface area contributed by atoms with Crippen LogP contribution >= 0.6 is 0 Å². The number of nitrogens with zero attached hydrogens (tertiary/aromatic N) is 3. The van der Waals surface area contributed by atoms with Crippen molar-refractivity contribution in [1.29, 1.82) is 0 Å². The highest BCUT2D eigenvalue weighted by Gasteiger charge is 2.17. The Kier molecular flexibility index (Phi) is 6.25. The van der Waals surface area contributed by atoms with E-state index in [0.29, 0.717) is 22.8 Å². The lowest BCUT2D eigenvalue weighted by molar-refractivity contribution is 0.669. The number of aromatic nitrogens is 3. The van der Waals surface area contributed by atoms with E-state index in [0.717, 1.165) is 60.1 Å². The van der Waals surface area contributed by atoms with Crippen molar-refractivity contribution in [2.45, 2.75) is 13.8 Å². The maximum Gasteiger partial charge on any atom is 0.164 e. The predicted octanol–water partition coefficient (Wildman–Crippen LogP) is 14.2. The lowest BCUT2D eigenvalue weighted by Crippen LogP contribution is -2.00. The summed E-state index contributed by atoms with van der Waals surface area (Å²) in [5.74, 6) is 0.678. The van der Waals surface area contributed by atoms with Gasteiger partial charge in [-0.15, -0.1) is 0 Å². The molecule has 0 aliphatic heterocycles. The quantitative estimate of drug-likeness (QED) is 0.165. The van der Waals surface area contributed by atoms with Crippen LogP contribution in [0.15, 0.2) is 180 Å². The van der Waals surface area contributed by atoms with Crippen LogP contribution in [0.4, 0.5) is 0 Å². The van der Waals surface area contributed by atoms with Gasteiger partial charge in [-0.1, -0.05) is 145 Å². The van der Waals surface area contributed by atoms with Gasteiger partial charge < -0.3 is 4.42 Å². The average molecular weight is 736 g/mol. The van der Waals surface area contributed by atoms with E-state index in [1.165, 1.54) is 0 Å². The third-order valence-electron chi connectivity index (χ3n) is 10.6. The molecule has 0 aliphatic rings. The van der Waals surface area contributed by atoms with Crippen molar-refractivity contribution >= 4 is 54.3 Å². The minimum Gasteiger partial charge on any atom is -0.456 e. The molecule has 2 aromatic heterocycles. The van der Waals surface area contributed by atoms with E-state index in [9.17, 15) is 5.48 Å². The highest BCUT2D eigenvalue weighted by Crippen LogP contribution is 2.39. The number of furan rings is 1. The highest BCUT2D eigenvalue weighted by molar-refractivity contribution is 6.25. The van der Waals surface area contributed by atoms with Crippen molar-refractivity contribution in [2.24, 2.45) is 0 Å². The zero-order valence-electron chi connectivity index (χ0n) is 37.0. The first-order valence-electron chi connectivity index (χ1n) is 21.9. The Morgan fingerprint density at radius 3 is 1.53 bits per heavy atom. The molecule has 0 fully saturated rings. The molecule has 0 bridgehead atoms. The van der Waals surface area contributed by atoms with Gasteiger partial charge in [0.1, 0.15) is 11.2 Å². The van der Waals surface area contributed by atoms with E-state index in [1.807, 2.05) is 105 Å². The zero-order valence-corrected chi connectivity index (χ0v) is 31.0. The fraction of sp³-hybridized carbons (Fsp3) is 0.0377. The fourth-order valence-electron chi connectivity index (χ4n) is 8.00. The van der Waals surface area contributed by atoms with Crippen molar-refractivity contribution < 1.29 is 12.6 Å². The third kappa shape index (κ3) is 5.73. The Morgan fingerprint density at radius 1 is 0.351 bits per heavy atom. The zero-order chi connectivity index (χ0) is 43.3. The molecule has 0 unspecified atom stereocenters. The molecule has 0 N–H and O–H groups in total. The summed E-state index contributed by atoms with van der Waals surface area (Å²) in [6.07, 6.45) is 0. The summed E-state index contributed by atoms with van der Waals surface area (Å²) in [5, 5.41) is 6.76. The van der Waals surface area contributed by atoms with Gasteiger partial charge in [0.25, 0.3) is 0 Å². The predicted molar refractivity (Wildman–Crippen MR) is 236 cm³/mol. The maximum atomic E-state index is 9.59. The molecule has 57 heavy (non-hydrogen) atoms. The van der Waals surface area contributed by atoms with Gasteiger partial charge >= 0.3 is 0 Å². The summed E-state index contributed by atoms with van der Waals surface area (Å²) in [6, 6.07) is 44.7. The summed E-state index contributed by atoms with van der Waals surface area (Å²) in [7, 11) is 0. The molecule has 0 aliphatic carbocycles. The molecule has 0 spiro atoms. The van der Waals surface area contributed by atoms with E-state index in [4.69, 9.17) is 22.1 Å². The first-order chi connectivity index (χ1) is 30.5. The van der Waals surface area contributed by atoms with Crippen LogP contribution in [0.25, 0.3) is 111 Å². The van der Waals surface area contributed by atoms with Crippen molar-refractivity contribution in [1.82, 2.24) is 15.0 Å². The van der Waals surface area contributed by atoms with E-state index in [2.05, 4.69) is 48.5 Å². The molecule has 11 rings (SSSR count). The van der Waals surface area contributed by atoms with Crippen molar-refractivity contribution in [3.8, 4) is 56.4 Å². The maximum absolute atomic E-state index is 9.59. The lowest BCUT2D eigenvalue weighted by Gasteiger charge is -2.13. The number of hydrogen-bond acceptors (Lipinski definition) is 4. The molecule has 11 aromatic rings. The third-order valence-corrected chi connectivity index (χ3v) is 10.6. The SMILES string of the molecule is [2H]c1c(-c2ccc(-c3ccccc3)cc2)c([2H])c2c(oc3c([2H])c(-c4nc(-c5cc(C)cc(C)c5)nc(-c5ccc6c7ccccc7c7ccccc7c6c5)n4)c([2H])c([2H])c32)c1[2H]. The molecule has 2 heterocycles. The molecule has 268 valence electrons. The van der Waals surface area contributed by atoms with Gasteiger partial charge in [0.15, 0.2) is 17.5 Å². The van der Waals surface area contributed by atoms with Gasteiger partial charge in [0.2, 0.25) is 0 Å². The summed E-state index contributed by atoms with van der Waals surface area (Å²) < 4.78 is 62.2. The first-order valence-corrected chi connectivity index (χ1v) is 18.9. The molecule has 9 aromatic carbocycles. The van der Waals surface area contributed by atoms with Crippen LogP contribution in [0, 0.1) is 13.8 Å². The largest absolute Gasteiger partial charge is 0.456 e. The number of aryl methyl sites for hydroxylation is 2. The molecule has 0 amide bonds. The monoisotopic (exact) mass is 735 g/mol. The van der Waals surface area contributed by atoms with Gasteiger partial charge in [0, 0.05) is 27.5 Å². The van der Waals surface area contributed by atoms with Gasteiger partial charge in [-0.05, 0) is 111 Å². The van der Waals surface area contributed by atoms with Crippen LogP contribution in [0.2, 0.25) is 0 Å². The van der Waals surface area contributed by atoms with Crippen LogP contribution < -0.4 is 0 Å². The van der Waals surface area contributed by atoms with Gasteiger partial charge in [0.05, 0.1) is 8.22 Å². The minimum atomic E-state index is -0.329. The lowest BCUT2D eigenvalue weighted by atomic mass is 9.93. The van der Waals surface area contributed by atoms with Crippen LogP contribution in [-0.4, -0.2) is 15.0 Å². The Morgan fingerprint density at radius 2 is 0.860 bits per heavy atom. The second-order valence-corrected chi connectivity index (χ2v) is 14.5. The van der Waals surface area contributed by atoms with Crippen LogP contribution in [0.5, 0.6) is 0 Å². The Labute approximate surface area is 338 Å². The Bertz CT molecular complexity index is 3660. The summed E-state index contributed by atoms with van der Waals surface area (Å²) >= 11 is 0. The molecule has 0 radical (unpaired) electrons. The molecule has 0 atom stereocenters. The second-order valence-electron chi connectivity index (χ2n) is 14.5. The Balaban J connectivity index is 1.13. The van der Waals surface area contributed by atoms with Gasteiger partial charge in [-0.25, -0.2) is 15.0 Å². The van der Waals surface area contributed by atoms with E-state index in [-0.39, 0.29) is 75.1 Å². The highest BCUT2D eigenvalue weighted by atomic mass is 16.3. The van der Waals surface area contributed by atoms with Crippen LogP contribution in [0.1, 0.15) is 19.4 Å². The average Bonchev–Trinajstić information content (AvgIpc) is 3.72. The van der Waals surface area contributed by atoms with E-state index in [1.54, 1.807) is 0 Å². The molecular formula is C53H35N3O. The molecular weight excluding hydrogens is 695 g/mol. The van der Waals surface area contributed by atoms with Crippen LogP contribution in [0.3, 0.4) is 0 Å². The fourth-order valence-corrected chi connectivity index (χ4v) is 8.00. The number of rotatable bonds is 5. The smallest absolute Gasteiger partial charge is 0.164 e. The molecule has 0 saturated heterocycles. The number of benzene rings is 9. The number of hydrogen-bond donors (Lipinski definition) is 0. The van der Waals surface area contributed by atoms with Crippen molar-refractivity contribution in [3.63, 3.8) is 0 Å². The van der Waals surface area contributed by atoms with E-state index >= 15 is 0 Å². The summed E-state index contributed by atoms with van der Waals surface area (Å²) in [4.78, 5) is 14.9. The topological polar surface area (TPSA) is 51.8 Å². The van der Waals surface area contributed by atoms with E-state index < -0.39 is 0 Å². The minimum absolute atomic E-state index is 0.0149. The van der Waals surface area contributed by atoms with Crippen LogP contribution in [-0.2, 0) is 0 Å². The molecule has 4 nitrogen and oxygen atoms in total. The second kappa shape index (κ2) is 13.1. The normalized spacial score (nSPS) is 13.2. The van der Waals surface area contributed by atoms with Gasteiger partial charge in [-0.3, -0.25) is 0 Å². The van der Waals surface area contributed by atoms with Crippen molar-refractivity contribution in [3.05, 3.63) is 187 Å². The summed E-state index contributed by atoms with van der Waals surface area (Å²) in [5.41, 5.74) is 5.97. The first kappa shape index (κ1) is 27.2. The Hall–Kier alpha value is -7.43. The molecule has 0 saturated carbocycles. The number of fused-ring (bicyclic) bond motifs is 9. The van der Waals surface area contributed by atoms with Gasteiger partial charge in [-0.2, -0.15) is 0 Å². The standard InChI is InChI=1S/C53H35N3O/c1-32-26-33(2)28-40(27-32)53-55-51(38-20-23-45-43-14-7-6-12-41(43)42-13-8-9-15-44(42)47(45)30-38)54-52(56-53)39-21-24-46-48-29-37(22-25-49(48)57-50(46)31-39)36-18-16-35(17-19-36)34-10-4-3-5-11-34/h3-31H,1-2H3/i21D,22D,24D,25D,29D,31D. The van der Waals surface area contributed by atoms with Crippen molar-refractivity contribution in [2.75, 3.05) is 0 Å².